The smallest absolute Gasteiger partial charge is 0.171 e. The fourth-order valence-electron chi connectivity index (χ4n) is 1.20. The van der Waals surface area contributed by atoms with E-state index in [1.807, 2.05) is 12.1 Å². The van der Waals surface area contributed by atoms with Gasteiger partial charge in [0.15, 0.2) is 5.16 Å². The summed E-state index contributed by atoms with van der Waals surface area (Å²) in [6.07, 6.45) is 4.63. The van der Waals surface area contributed by atoms with Gasteiger partial charge in [-0.1, -0.05) is 6.07 Å². The van der Waals surface area contributed by atoms with E-state index in [-0.39, 0.29) is 0 Å². The number of rotatable bonds is 3. The van der Waals surface area contributed by atoms with Crippen LogP contribution in [-0.2, 0) is 0 Å². The molecule has 0 saturated heterocycles. The fraction of sp³-hybridized carbons (Fsp3) is 0.200. The van der Waals surface area contributed by atoms with Crippen molar-refractivity contribution in [3.63, 3.8) is 0 Å². The Kier molecular flexibility index (Phi) is 3.03. The highest BCUT2D eigenvalue weighted by molar-refractivity contribution is 7.99. The molecule has 0 aliphatic carbocycles. The lowest BCUT2D eigenvalue weighted by Crippen LogP contribution is -1.96. The van der Waals surface area contributed by atoms with Crippen molar-refractivity contribution in [2.45, 2.75) is 23.2 Å². The van der Waals surface area contributed by atoms with Gasteiger partial charge in [-0.2, -0.15) is 0 Å². The molecule has 2 aromatic heterocycles. The third kappa shape index (κ3) is 2.37. The highest BCUT2D eigenvalue weighted by Crippen LogP contribution is 2.28. The van der Waals surface area contributed by atoms with Gasteiger partial charge in [0, 0.05) is 24.2 Å². The summed E-state index contributed by atoms with van der Waals surface area (Å²) in [5, 5.41) is 11.1. The molecule has 1 unspecified atom stereocenters. The second kappa shape index (κ2) is 4.46. The number of aliphatic hydroxyl groups excluding tert-OH is 1. The Morgan fingerprint density at radius 1 is 1.40 bits per heavy atom. The second-order valence-electron chi connectivity index (χ2n) is 3.07. The normalized spacial score (nSPS) is 12.7. The van der Waals surface area contributed by atoms with Crippen molar-refractivity contribution < 1.29 is 5.11 Å². The molecule has 78 valence electrons. The summed E-state index contributed by atoms with van der Waals surface area (Å²) in [5.41, 5.74) is 0.818. The zero-order valence-electron chi connectivity index (χ0n) is 8.21. The first kappa shape index (κ1) is 10.2. The Hall–Kier alpha value is -1.33. The Morgan fingerprint density at radius 2 is 2.27 bits per heavy atom. The molecule has 2 heterocycles. The highest BCUT2D eigenvalue weighted by Gasteiger charge is 2.10. The van der Waals surface area contributed by atoms with Crippen molar-refractivity contribution in [1.82, 2.24) is 15.0 Å². The first-order chi connectivity index (χ1) is 7.27. The molecule has 0 radical (unpaired) electrons. The summed E-state index contributed by atoms with van der Waals surface area (Å²) in [5.74, 6) is 0. The molecular formula is C10H11N3OS. The lowest BCUT2D eigenvalue weighted by Gasteiger charge is -2.08. The van der Waals surface area contributed by atoms with Crippen LogP contribution in [-0.4, -0.2) is 20.1 Å². The van der Waals surface area contributed by atoms with Crippen LogP contribution in [0.5, 0.6) is 0 Å². The van der Waals surface area contributed by atoms with Crippen LogP contribution in [0.15, 0.2) is 40.9 Å². The minimum absolute atomic E-state index is 0.517. The van der Waals surface area contributed by atoms with Gasteiger partial charge >= 0.3 is 0 Å². The monoisotopic (exact) mass is 221 g/mol. The number of hydrogen-bond acceptors (Lipinski definition) is 4. The Morgan fingerprint density at radius 3 is 2.93 bits per heavy atom. The number of pyridine rings is 1. The molecule has 0 bridgehead atoms. The maximum atomic E-state index is 9.55. The predicted molar refractivity (Wildman–Crippen MR) is 57.6 cm³/mol. The average Bonchev–Trinajstić information content (AvgIpc) is 2.71. The lowest BCUT2D eigenvalue weighted by molar-refractivity contribution is 0.195. The van der Waals surface area contributed by atoms with E-state index in [4.69, 9.17) is 0 Å². The molecule has 0 aliphatic rings. The largest absolute Gasteiger partial charge is 0.389 e. The van der Waals surface area contributed by atoms with E-state index in [1.165, 1.54) is 11.8 Å². The molecule has 15 heavy (non-hydrogen) atoms. The van der Waals surface area contributed by atoms with Crippen LogP contribution < -0.4 is 0 Å². The van der Waals surface area contributed by atoms with Crippen molar-refractivity contribution >= 4 is 11.8 Å². The van der Waals surface area contributed by atoms with Crippen molar-refractivity contribution in [3.8, 4) is 0 Å². The van der Waals surface area contributed by atoms with Gasteiger partial charge in [-0.25, -0.2) is 9.97 Å². The minimum Gasteiger partial charge on any atom is -0.389 e. The maximum absolute atomic E-state index is 9.55. The van der Waals surface area contributed by atoms with E-state index in [0.29, 0.717) is 0 Å². The van der Waals surface area contributed by atoms with Crippen molar-refractivity contribution in [2.24, 2.45) is 0 Å². The molecule has 2 N–H and O–H groups in total. The molecule has 0 fully saturated rings. The molecule has 0 saturated carbocycles. The number of aromatic amines is 1. The summed E-state index contributed by atoms with van der Waals surface area (Å²) in [7, 11) is 0. The lowest BCUT2D eigenvalue weighted by atomic mass is 10.2. The van der Waals surface area contributed by atoms with E-state index >= 15 is 0 Å². The van der Waals surface area contributed by atoms with Crippen LogP contribution in [0.1, 0.15) is 18.6 Å². The van der Waals surface area contributed by atoms with Crippen molar-refractivity contribution in [3.05, 3.63) is 36.3 Å². The number of aromatic nitrogens is 3. The topological polar surface area (TPSA) is 61.8 Å². The second-order valence-corrected chi connectivity index (χ2v) is 4.05. The highest BCUT2D eigenvalue weighted by atomic mass is 32.2. The molecule has 1 atom stereocenters. The van der Waals surface area contributed by atoms with Crippen LogP contribution in [0.3, 0.4) is 0 Å². The van der Waals surface area contributed by atoms with Crippen LogP contribution in [0.4, 0.5) is 0 Å². The van der Waals surface area contributed by atoms with E-state index in [0.717, 1.165) is 15.7 Å². The average molecular weight is 221 g/mol. The van der Waals surface area contributed by atoms with E-state index in [9.17, 15) is 5.11 Å². The van der Waals surface area contributed by atoms with E-state index in [1.54, 1.807) is 25.5 Å². The van der Waals surface area contributed by atoms with Gasteiger partial charge < -0.3 is 10.1 Å². The number of imidazole rings is 1. The number of H-pyrrole nitrogens is 1. The molecular weight excluding hydrogens is 210 g/mol. The summed E-state index contributed by atoms with van der Waals surface area (Å²) in [6.45, 7) is 1.73. The summed E-state index contributed by atoms with van der Waals surface area (Å²) < 4.78 is 0. The molecule has 0 spiro atoms. The number of nitrogens with zero attached hydrogens (tertiary/aromatic N) is 2. The van der Waals surface area contributed by atoms with Gasteiger partial charge in [-0.15, -0.1) is 0 Å². The van der Waals surface area contributed by atoms with Crippen molar-refractivity contribution in [1.29, 1.82) is 0 Å². The Balaban J connectivity index is 2.28. The molecule has 0 aliphatic heterocycles. The van der Waals surface area contributed by atoms with Gasteiger partial charge in [0.1, 0.15) is 5.03 Å². The van der Waals surface area contributed by atoms with E-state index < -0.39 is 6.10 Å². The molecule has 5 heteroatoms. The van der Waals surface area contributed by atoms with Gasteiger partial charge in [-0.3, -0.25) is 0 Å². The maximum Gasteiger partial charge on any atom is 0.171 e. The Labute approximate surface area is 91.8 Å². The zero-order chi connectivity index (χ0) is 10.7. The number of aliphatic hydroxyl groups is 1. The quantitative estimate of drug-likeness (QED) is 0.832. The number of nitrogens with one attached hydrogen (secondary N) is 1. The third-order valence-electron chi connectivity index (χ3n) is 1.92. The van der Waals surface area contributed by atoms with E-state index in [2.05, 4.69) is 15.0 Å². The summed E-state index contributed by atoms with van der Waals surface area (Å²) in [4.78, 5) is 11.3. The van der Waals surface area contributed by atoms with Gasteiger partial charge in [0.05, 0.1) is 6.10 Å². The SMILES string of the molecule is CC(O)c1cccnc1Sc1ncc[nH]1. The standard InChI is InChI=1S/C10H11N3OS/c1-7(14)8-3-2-4-11-9(8)15-10-12-5-6-13-10/h2-7,14H,1H3,(H,12,13). The van der Waals surface area contributed by atoms with Crippen LogP contribution in [0.25, 0.3) is 0 Å². The molecule has 4 nitrogen and oxygen atoms in total. The van der Waals surface area contributed by atoms with Gasteiger partial charge in [-0.05, 0) is 24.8 Å². The van der Waals surface area contributed by atoms with Gasteiger partial charge in [0.25, 0.3) is 0 Å². The first-order valence-corrected chi connectivity index (χ1v) is 5.39. The Bertz CT molecular complexity index is 428. The fourth-order valence-corrected chi connectivity index (χ4v) is 2.10. The summed E-state index contributed by atoms with van der Waals surface area (Å²) >= 11 is 1.41. The minimum atomic E-state index is -0.517. The van der Waals surface area contributed by atoms with Crippen molar-refractivity contribution in [2.75, 3.05) is 0 Å². The predicted octanol–water partition coefficient (Wildman–Crippen LogP) is 2.01. The zero-order valence-corrected chi connectivity index (χ0v) is 9.03. The molecule has 0 aromatic carbocycles. The first-order valence-electron chi connectivity index (χ1n) is 4.57. The van der Waals surface area contributed by atoms with Gasteiger partial charge in [0.2, 0.25) is 0 Å². The molecule has 0 amide bonds. The van der Waals surface area contributed by atoms with Crippen LogP contribution in [0, 0.1) is 0 Å². The third-order valence-corrected chi connectivity index (χ3v) is 2.87. The molecule has 2 rings (SSSR count). The summed E-state index contributed by atoms with van der Waals surface area (Å²) in [6, 6.07) is 3.68. The molecule has 2 aromatic rings. The van der Waals surface area contributed by atoms with Crippen LogP contribution >= 0.6 is 11.8 Å². The number of hydrogen-bond donors (Lipinski definition) is 2. The van der Waals surface area contributed by atoms with Crippen LogP contribution in [0.2, 0.25) is 0 Å².